The van der Waals surface area contributed by atoms with Gasteiger partial charge in [0.05, 0.1) is 6.61 Å². The zero-order valence-electron chi connectivity index (χ0n) is 8.07. The first kappa shape index (κ1) is 11.5. The molecule has 0 aromatic carbocycles. The van der Waals surface area contributed by atoms with Gasteiger partial charge in [0.25, 0.3) is 0 Å². The third kappa shape index (κ3) is 3.29. The van der Waals surface area contributed by atoms with E-state index in [1.54, 1.807) is 0 Å². The van der Waals surface area contributed by atoms with E-state index in [2.05, 4.69) is 0 Å². The Hall–Kier alpha value is -0.580. The second kappa shape index (κ2) is 5.34. The molecule has 1 fully saturated rings. The molecule has 80 valence electrons. The maximum absolute atomic E-state index is 10.7. The number of aliphatic carboxylic acids is 1. The Morgan fingerprint density at radius 3 is 3.07 bits per heavy atom. The maximum atomic E-state index is 10.7. The molecule has 1 unspecified atom stereocenters. The first-order chi connectivity index (χ1) is 6.63. The van der Waals surface area contributed by atoms with E-state index in [1.807, 2.05) is 11.8 Å². The number of carbonyl (C=O) groups is 1. The van der Waals surface area contributed by atoms with Crippen LogP contribution in [-0.4, -0.2) is 48.3 Å². The lowest BCUT2D eigenvalue weighted by molar-refractivity contribution is -0.155. The molecule has 0 aromatic rings. The molecule has 0 saturated carbocycles. The zero-order chi connectivity index (χ0) is 10.6. The highest BCUT2D eigenvalue weighted by Gasteiger charge is 2.25. The molecular formula is C9H14ClNO3. The summed E-state index contributed by atoms with van der Waals surface area (Å²) in [5, 5.41) is 8.75. The van der Waals surface area contributed by atoms with Crippen LogP contribution < -0.4 is 0 Å². The summed E-state index contributed by atoms with van der Waals surface area (Å²) in [7, 11) is 0. The molecule has 1 atom stereocenters. The maximum Gasteiger partial charge on any atom is 0.334 e. The number of hydrogen-bond acceptors (Lipinski definition) is 3. The van der Waals surface area contributed by atoms with Gasteiger partial charge in [-0.15, -0.1) is 0 Å². The highest BCUT2D eigenvalue weighted by molar-refractivity contribution is 6.25. The molecule has 1 aliphatic heterocycles. The number of carboxylic acid groups (broad SMARTS) is 1. The number of halogens is 1. The van der Waals surface area contributed by atoms with Crippen molar-refractivity contribution < 1.29 is 14.6 Å². The Labute approximate surface area is 88.1 Å². The molecule has 5 heteroatoms. The Kier molecular flexibility index (Phi) is 4.38. The molecule has 0 aromatic heterocycles. The van der Waals surface area contributed by atoms with Crippen molar-refractivity contribution in [2.24, 2.45) is 0 Å². The fraction of sp³-hybridized carbons (Fsp3) is 0.667. The summed E-state index contributed by atoms with van der Waals surface area (Å²) < 4.78 is 5.09. The highest BCUT2D eigenvalue weighted by Crippen LogP contribution is 2.08. The van der Waals surface area contributed by atoms with Crippen LogP contribution in [0.15, 0.2) is 11.1 Å². The minimum atomic E-state index is -0.901. The Balaban J connectivity index is 2.44. The predicted octanol–water partition coefficient (Wildman–Crippen LogP) is 0.914. The smallest absolute Gasteiger partial charge is 0.334 e. The van der Waals surface area contributed by atoms with E-state index < -0.39 is 12.1 Å². The van der Waals surface area contributed by atoms with Gasteiger partial charge >= 0.3 is 5.97 Å². The van der Waals surface area contributed by atoms with Crippen LogP contribution in [0, 0.1) is 0 Å². The quantitative estimate of drug-likeness (QED) is 0.767. The molecule has 0 radical (unpaired) electrons. The minimum absolute atomic E-state index is 0.428. The molecule has 14 heavy (non-hydrogen) atoms. The first-order valence-corrected chi connectivity index (χ1v) is 4.89. The van der Waals surface area contributed by atoms with Gasteiger partial charge in [0, 0.05) is 25.2 Å². The van der Waals surface area contributed by atoms with E-state index in [9.17, 15) is 4.79 Å². The fourth-order valence-electron chi connectivity index (χ4n) is 1.38. The Bertz CT molecular complexity index is 242. The molecule has 1 aliphatic rings. The van der Waals surface area contributed by atoms with Crippen LogP contribution >= 0.6 is 11.6 Å². The van der Waals surface area contributed by atoms with Gasteiger partial charge in [0.2, 0.25) is 0 Å². The van der Waals surface area contributed by atoms with Gasteiger partial charge in [-0.3, -0.25) is 4.90 Å². The lowest BCUT2D eigenvalue weighted by atomic mass is 10.2. The second-order valence-corrected chi connectivity index (χ2v) is 3.61. The lowest BCUT2D eigenvalue weighted by Gasteiger charge is -2.30. The van der Waals surface area contributed by atoms with Crippen LogP contribution in [-0.2, 0) is 9.53 Å². The molecular weight excluding hydrogens is 206 g/mol. The number of carboxylic acids is 1. The standard InChI is InChI=1S/C9H14ClNO3/c1-7(4-10)5-11-2-3-14-8(6-11)9(12)13/h4,8H,2-3,5-6H2,1H3,(H,12,13). The molecule has 1 rings (SSSR count). The van der Waals surface area contributed by atoms with Crippen LogP contribution in [0.1, 0.15) is 6.92 Å². The molecule has 0 bridgehead atoms. The zero-order valence-corrected chi connectivity index (χ0v) is 8.83. The van der Waals surface area contributed by atoms with E-state index in [0.717, 1.165) is 12.1 Å². The number of ether oxygens (including phenoxy) is 1. The van der Waals surface area contributed by atoms with Crippen molar-refractivity contribution in [2.75, 3.05) is 26.2 Å². The Morgan fingerprint density at radius 2 is 2.50 bits per heavy atom. The van der Waals surface area contributed by atoms with Crippen molar-refractivity contribution in [3.05, 3.63) is 11.1 Å². The lowest BCUT2D eigenvalue weighted by Crippen LogP contribution is -2.46. The van der Waals surface area contributed by atoms with E-state index in [-0.39, 0.29) is 0 Å². The molecule has 0 aliphatic carbocycles. The Morgan fingerprint density at radius 1 is 1.79 bits per heavy atom. The minimum Gasteiger partial charge on any atom is -0.479 e. The third-order valence-electron chi connectivity index (χ3n) is 2.09. The van der Waals surface area contributed by atoms with Crippen molar-refractivity contribution in [3.8, 4) is 0 Å². The SMILES string of the molecule is CC(=CCl)CN1CCOC(C(=O)O)C1. The molecule has 1 N–H and O–H groups in total. The first-order valence-electron chi connectivity index (χ1n) is 4.46. The third-order valence-corrected chi connectivity index (χ3v) is 2.46. The summed E-state index contributed by atoms with van der Waals surface area (Å²) in [5.74, 6) is -0.901. The molecule has 0 amide bonds. The number of morpholine rings is 1. The van der Waals surface area contributed by atoms with Gasteiger partial charge in [-0.2, -0.15) is 0 Å². The fourth-order valence-corrected chi connectivity index (χ4v) is 1.45. The highest BCUT2D eigenvalue weighted by atomic mass is 35.5. The average molecular weight is 220 g/mol. The van der Waals surface area contributed by atoms with E-state index in [4.69, 9.17) is 21.4 Å². The van der Waals surface area contributed by atoms with E-state index >= 15 is 0 Å². The topological polar surface area (TPSA) is 49.8 Å². The van der Waals surface area contributed by atoms with Crippen molar-refractivity contribution in [3.63, 3.8) is 0 Å². The average Bonchev–Trinajstić information content (AvgIpc) is 2.18. The summed E-state index contributed by atoms with van der Waals surface area (Å²) in [6.45, 7) is 4.27. The van der Waals surface area contributed by atoms with Crippen LogP contribution in [0.25, 0.3) is 0 Å². The summed E-state index contributed by atoms with van der Waals surface area (Å²) >= 11 is 5.53. The normalized spacial score (nSPS) is 25.0. The summed E-state index contributed by atoms with van der Waals surface area (Å²) in [6.07, 6.45) is -0.702. The largest absolute Gasteiger partial charge is 0.479 e. The van der Waals surface area contributed by atoms with Crippen LogP contribution in [0.4, 0.5) is 0 Å². The predicted molar refractivity (Wildman–Crippen MR) is 53.4 cm³/mol. The van der Waals surface area contributed by atoms with Gasteiger partial charge in [0.15, 0.2) is 6.10 Å². The summed E-state index contributed by atoms with van der Waals surface area (Å²) in [4.78, 5) is 12.7. The van der Waals surface area contributed by atoms with Crippen LogP contribution in [0.2, 0.25) is 0 Å². The van der Waals surface area contributed by atoms with Gasteiger partial charge in [-0.1, -0.05) is 11.6 Å². The number of rotatable bonds is 3. The van der Waals surface area contributed by atoms with Crippen molar-refractivity contribution in [1.82, 2.24) is 4.90 Å². The van der Waals surface area contributed by atoms with Crippen LogP contribution in [0.5, 0.6) is 0 Å². The van der Waals surface area contributed by atoms with Crippen molar-refractivity contribution in [1.29, 1.82) is 0 Å². The van der Waals surface area contributed by atoms with Gasteiger partial charge in [-0.25, -0.2) is 4.79 Å². The van der Waals surface area contributed by atoms with Crippen molar-refractivity contribution >= 4 is 17.6 Å². The molecule has 0 spiro atoms. The van der Waals surface area contributed by atoms with Gasteiger partial charge < -0.3 is 9.84 Å². The van der Waals surface area contributed by atoms with E-state index in [1.165, 1.54) is 5.54 Å². The van der Waals surface area contributed by atoms with Gasteiger partial charge in [-0.05, 0) is 12.5 Å². The van der Waals surface area contributed by atoms with Crippen LogP contribution in [0.3, 0.4) is 0 Å². The van der Waals surface area contributed by atoms with Crippen molar-refractivity contribution in [2.45, 2.75) is 13.0 Å². The molecule has 1 heterocycles. The summed E-state index contributed by atoms with van der Waals surface area (Å²) in [6, 6.07) is 0. The van der Waals surface area contributed by atoms with E-state index in [0.29, 0.717) is 19.7 Å². The summed E-state index contributed by atoms with van der Waals surface area (Å²) in [5.41, 5.74) is 2.54. The monoisotopic (exact) mass is 219 g/mol. The molecule has 1 saturated heterocycles. The second-order valence-electron chi connectivity index (χ2n) is 3.39. The number of hydrogen-bond donors (Lipinski definition) is 1. The molecule has 4 nitrogen and oxygen atoms in total. The number of nitrogens with zero attached hydrogens (tertiary/aromatic N) is 1. The van der Waals surface area contributed by atoms with Gasteiger partial charge in [0.1, 0.15) is 0 Å².